The van der Waals surface area contributed by atoms with Gasteiger partial charge >= 0.3 is 0 Å². The van der Waals surface area contributed by atoms with Crippen LogP contribution in [-0.4, -0.2) is 7.11 Å². The summed E-state index contributed by atoms with van der Waals surface area (Å²) >= 11 is 0. The molecule has 2 aliphatic carbocycles. The summed E-state index contributed by atoms with van der Waals surface area (Å²) in [4.78, 5) is 0. The van der Waals surface area contributed by atoms with Crippen molar-refractivity contribution in [2.45, 2.75) is 89.9 Å². The topological polar surface area (TPSA) is 9.23 Å². The smallest absolute Gasteiger partial charge is 0.201 e. The van der Waals surface area contributed by atoms with Gasteiger partial charge in [-0.05, 0) is 62.2 Å². The molecular weight excluding hydrogens is 361 g/mol. The van der Waals surface area contributed by atoms with Gasteiger partial charge in [0.05, 0.1) is 7.11 Å². The zero-order valence-electron chi connectivity index (χ0n) is 17.4. The van der Waals surface area contributed by atoms with Gasteiger partial charge in [-0.1, -0.05) is 45.4 Å². The summed E-state index contributed by atoms with van der Waals surface area (Å²) in [6, 6.07) is 0.986. The van der Waals surface area contributed by atoms with E-state index in [1.165, 1.54) is 58.5 Å². The summed E-state index contributed by atoms with van der Waals surface area (Å²) in [5.41, 5.74) is -0.0728. The van der Waals surface area contributed by atoms with Crippen LogP contribution in [0.15, 0.2) is 6.07 Å². The third-order valence-corrected chi connectivity index (χ3v) is 7.33. The number of unbranched alkanes of at least 4 members (excludes halogenated alkanes) is 2. The van der Waals surface area contributed by atoms with E-state index in [1.807, 2.05) is 0 Å². The van der Waals surface area contributed by atoms with Gasteiger partial charge in [-0.3, -0.25) is 0 Å². The van der Waals surface area contributed by atoms with Crippen LogP contribution >= 0.6 is 0 Å². The Labute approximate surface area is 168 Å². The van der Waals surface area contributed by atoms with Crippen LogP contribution in [-0.2, 0) is 0 Å². The van der Waals surface area contributed by atoms with Gasteiger partial charge in [0.2, 0.25) is 5.82 Å². The molecule has 0 heterocycles. The SMILES string of the molecule is CCCCC[C@H]1CC[C@H]([C@H]2CC[C@H](c3c(F)cc(OC)c(F)c3F)CC2)CC1. The average Bonchev–Trinajstić information content (AvgIpc) is 2.72. The van der Waals surface area contributed by atoms with Crippen molar-refractivity contribution in [3.05, 3.63) is 29.1 Å². The molecule has 2 aliphatic rings. The third kappa shape index (κ3) is 4.86. The fourth-order valence-corrected chi connectivity index (χ4v) is 5.62. The Morgan fingerprint density at radius 3 is 2.04 bits per heavy atom. The molecule has 0 atom stereocenters. The maximum Gasteiger partial charge on any atom is 0.201 e. The third-order valence-electron chi connectivity index (χ3n) is 7.33. The van der Waals surface area contributed by atoms with Crippen LogP contribution in [0.2, 0.25) is 0 Å². The van der Waals surface area contributed by atoms with Crippen LogP contribution in [0.3, 0.4) is 0 Å². The summed E-state index contributed by atoms with van der Waals surface area (Å²) in [6.45, 7) is 2.26. The maximum absolute atomic E-state index is 14.4. The number of halogens is 3. The fraction of sp³-hybridized carbons (Fsp3) is 0.750. The number of rotatable bonds is 7. The quantitative estimate of drug-likeness (QED) is 0.338. The van der Waals surface area contributed by atoms with Crippen LogP contribution in [0, 0.1) is 35.2 Å². The van der Waals surface area contributed by atoms with Crippen LogP contribution < -0.4 is 4.74 Å². The lowest BCUT2D eigenvalue weighted by Crippen LogP contribution is -2.26. The Hall–Kier alpha value is -1.19. The van der Waals surface area contributed by atoms with E-state index in [4.69, 9.17) is 4.74 Å². The van der Waals surface area contributed by atoms with Gasteiger partial charge in [0.1, 0.15) is 5.82 Å². The molecule has 0 aliphatic heterocycles. The van der Waals surface area contributed by atoms with Crippen molar-refractivity contribution in [2.75, 3.05) is 7.11 Å². The number of ether oxygens (including phenoxy) is 1. The number of hydrogen-bond acceptors (Lipinski definition) is 1. The number of benzene rings is 1. The molecule has 0 spiro atoms. The summed E-state index contributed by atoms with van der Waals surface area (Å²) in [5, 5.41) is 0. The van der Waals surface area contributed by atoms with E-state index in [0.29, 0.717) is 5.92 Å². The first kappa shape index (κ1) is 21.5. The van der Waals surface area contributed by atoms with Gasteiger partial charge < -0.3 is 4.74 Å². The van der Waals surface area contributed by atoms with Crippen molar-refractivity contribution in [3.63, 3.8) is 0 Å². The second-order valence-corrected chi connectivity index (χ2v) is 8.99. The highest BCUT2D eigenvalue weighted by molar-refractivity contribution is 5.34. The Kier molecular flexibility index (Phi) is 7.70. The number of hydrogen-bond donors (Lipinski definition) is 0. The van der Waals surface area contributed by atoms with E-state index in [9.17, 15) is 13.2 Å². The van der Waals surface area contributed by atoms with Crippen molar-refractivity contribution >= 4 is 0 Å². The predicted octanol–water partition coefficient (Wildman–Crippen LogP) is 7.77. The van der Waals surface area contributed by atoms with Crippen molar-refractivity contribution in [3.8, 4) is 5.75 Å². The molecule has 1 aromatic carbocycles. The summed E-state index contributed by atoms with van der Waals surface area (Å²) in [6.07, 6.45) is 14.2. The Morgan fingerprint density at radius 1 is 0.857 bits per heavy atom. The van der Waals surface area contributed by atoms with Crippen molar-refractivity contribution in [1.29, 1.82) is 0 Å². The largest absolute Gasteiger partial charge is 0.493 e. The van der Waals surface area contributed by atoms with E-state index < -0.39 is 17.5 Å². The van der Waals surface area contributed by atoms with Crippen LogP contribution in [0.25, 0.3) is 0 Å². The van der Waals surface area contributed by atoms with Gasteiger partial charge in [0.15, 0.2) is 11.6 Å². The van der Waals surface area contributed by atoms with Crippen molar-refractivity contribution in [2.24, 2.45) is 17.8 Å². The summed E-state index contributed by atoms with van der Waals surface area (Å²) in [7, 11) is 1.22. The molecule has 2 saturated carbocycles. The molecule has 4 heteroatoms. The minimum absolute atomic E-state index is 0.0728. The molecule has 0 N–H and O–H groups in total. The van der Waals surface area contributed by atoms with Crippen molar-refractivity contribution < 1.29 is 17.9 Å². The van der Waals surface area contributed by atoms with Gasteiger partial charge in [0, 0.05) is 11.6 Å². The van der Waals surface area contributed by atoms with E-state index in [-0.39, 0.29) is 17.2 Å². The Morgan fingerprint density at radius 2 is 1.46 bits per heavy atom. The van der Waals surface area contributed by atoms with Gasteiger partial charge in [0.25, 0.3) is 0 Å². The molecule has 0 unspecified atom stereocenters. The lowest BCUT2D eigenvalue weighted by molar-refractivity contribution is 0.154. The molecule has 0 bridgehead atoms. The lowest BCUT2D eigenvalue weighted by atomic mass is 9.68. The molecule has 3 rings (SSSR count). The van der Waals surface area contributed by atoms with Crippen LogP contribution in [0.4, 0.5) is 13.2 Å². The first-order chi connectivity index (χ1) is 13.5. The standard InChI is InChI=1S/C24H35F3O/c1-3-4-5-6-16-7-9-17(10-8-16)18-11-13-19(14-12-18)22-20(25)15-21(28-2)23(26)24(22)27/h15-19H,3-14H2,1-2H3/t16-,17-,18-,19-. The highest BCUT2D eigenvalue weighted by atomic mass is 19.2. The highest BCUT2D eigenvalue weighted by Crippen LogP contribution is 2.46. The Balaban J connectivity index is 1.52. The molecule has 158 valence electrons. The molecule has 1 nitrogen and oxygen atoms in total. The van der Waals surface area contributed by atoms with Crippen LogP contribution in [0.1, 0.15) is 95.5 Å². The second-order valence-electron chi connectivity index (χ2n) is 8.99. The van der Waals surface area contributed by atoms with Crippen LogP contribution in [0.5, 0.6) is 5.75 Å². The molecule has 0 radical (unpaired) electrons. The predicted molar refractivity (Wildman–Crippen MR) is 107 cm³/mol. The Bertz CT molecular complexity index is 629. The molecule has 0 amide bonds. The zero-order chi connectivity index (χ0) is 20.1. The lowest BCUT2D eigenvalue weighted by Gasteiger charge is -2.38. The minimum Gasteiger partial charge on any atom is -0.493 e. The fourth-order valence-electron chi connectivity index (χ4n) is 5.62. The van der Waals surface area contributed by atoms with E-state index in [1.54, 1.807) is 0 Å². The maximum atomic E-state index is 14.4. The summed E-state index contributed by atoms with van der Waals surface area (Å²) < 4.78 is 47.6. The first-order valence-electron chi connectivity index (χ1n) is 11.3. The van der Waals surface area contributed by atoms with Gasteiger partial charge in [-0.25, -0.2) is 8.78 Å². The highest BCUT2D eigenvalue weighted by Gasteiger charge is 2.34. The molecular formula is C24H35F3O. The van der Waals surface area contributed by atoms with E-state index >= 15 is 0 Å². The summed E-state index contributed by atoms with van der Waals surface area (Å²) in [5.74, 6) is -1.04. The molecule has 0 aromatic heterocycles. The second kappa shape index (κ2) is 10.0. The monoisotopic (exact) mass is 396 g/mol. The number of methoxy groups -OCH3 is 1. The molecule has 28 heavy (non-hydrogen) atoms. The molecule has 2 fully saturated rings. The zero-order valence-corrected chi connectivity index (χ0v) is 17.4. The van der Waals surface area contributed by atoms with Gasteiger partial charge in [-0.2, -0.15) is 4.39 Å². The normalized spacial score (nSPS) is 28.3. The first-order valence-corrected chi connectivity index (χ1v) is 11.3. The van der Waals surface area contributed by atoms with E-state index in [0.717, 1.165) is 43.6 Å². The molecule has 1 aromatic rings. The average molecular weight is 397 g/mol. The van der Waals surface area contributed by atoms with Gasteiger partial charge in [-0.15, -0.1) is 0 Å². The molecule has 0 saturated heterocycles. The van der Waals surface area contributed by atoms with E-state index in [2.05, 4.69) is 6.92 Å². The van der Waals surface area contributed by atoms with Crippen molar-refractivity contribution in [1.82, 2.24) is 0 Å². The minimum atomic E-state index is -1.07.